The summed E-state index contributed by atoms with van der Waals surface area (Å²) >= 11 is 0. The maximum absolute atomic E-state index is 12.3. The molecule has 6 aliphatic rings. The molecule has 3 aliphatic carbocycles. The summed E-state index contributed by atoms with van der Waals surface area (Å²) in [6.07, 6.45) is -8.49. The van der Waals surface area contributed by atoms with E-state index in [4.69, 9.17) is 28.4 Å². The zero-order chi connectivity index (χ0) is 41.3. The van der Waals surface area contributed by atoms with Crippen LogP contribution < -0.4 is 0 Å². The van der Waals surface area contributed by atoms with Crippen LogP contribution in [-0.4, -0.2) is 145 Å². The molecule has 23 atom stereocenters. The molecule has 3 saturated carbocycles. The highest BCUT2D eigenvalue weighted by Crippen LogP contribution is 2.73. The van der Waals surface area contributed by atoms with E-state index in [2.05, 4.69) is 41.5 Å². The summed E-state index contributed by atoms with van der Waals surface area (Å²) in [5, 5.41) is 85.5. The third-order valence-electron chi connectivity index (χ3n) is 16.7. The van der Waals surface area contributed by atoms with Crippen molar-refractivity contribution in [2.45, 2.75) is 218 Å². The minimum atomic E-state index is -1.59. The molecule has 8 N–H and O–H groups in total. The van der Waals surface area contributed by atoms with Gasteiger partial charge in [0.25, 0.3) is 0 Å². The molecule has 0 aromatic heterocycles. The van der Waals surface area contributed by atoms with Gasteiger partial charge in [0.1, 0.15) is 42.7 Å². The van der Waals surface area contributed by atoms with Crippen molar-refractivity contribution in [2.75, 3.05) is 6.61 Å². The molecular formula is C42H74O14. The lowest BCUT2D eigenvalue weighted by Crippen LogP contribution is -2.63. The maximum Gasteiger partial charge on any atom is 0.187 e. The predicted molar refractivity (Wildman–Crippen MR) is 203 cm³/mol. The summed E-state index contributed by atoms with van der Waals surface area (Å²) in [5.74, 6) is 0.729. The number of rotatable bonds is 11. The van der Waals surface area contributed by atoms with E-state index in [1.54, 1.807) is 13.8 Å². The van der Waals surface area contributed by atoms with E-state index in [1.165, 1.54) is 0 Å². The number of aliphatic hydroxyl groups excluding tert-OH is 8. The predicted octanol–water partition coefficient (Wildman–Crippen LogP) is 2.36. The van der Waals surface area contributed by atoms with Gasteiger partial charge in [-0.3, -0.25) is 0 Å². The average Bonchev–Trinajstić information content (AvgIpc) is 3.53. The maximum atomic E-state index is 12.3. The van der Waals surface area contributed by atoms with Crippen LogP contribution in [0.2, 0.25) is 0 Å². The number of hydrogen-bond acceptors (Lipinski definition) is 14. The van der Waals surface area contributed by atoms with E-state index in [0.29, 0.717) is 18.8 Å². The first-order valence-electron chi connectivity index (χ1n) is 21.5. The van der Waals surface area contributed by atoms with Gasteiger partial charge in [0.05, 0.1) is 42.7 Å². The molecule has 3 aliphatic heterocycles. The van der Waals surface area contributed by atoms with Gasteiger partial charge >= 0.3 is 0 Å². The van der Waals surface area contributed by atoms with E-state index < -0.39 is 91.6 Å². The molecule has 3 saturated heterocycles. The molecule has 56 heavy (non-hydrogen) atoms. The molecule has 0 spiro atoms. The summed E-state index contributed by atoms with van der Waals surface area (Å²) in [6.45, 7) is 18.9. The molecule has 6 fully saturated rings. The van der Waals surface area contributed by atoms with Gasteiger partial charge in [-0.15, -0.1) is 0 Å². The van der Waals surface area contributed by atoms with E-state index in [9.17, 15) is 40.9 Å². The first-order chi connectivity index (χ1) is 26.1. The van der Waals surface area contributed by atoms with Gasteiger partial charge in [0, 0.05) is 6.42 Å². The van der Waals surface area contributed by atoms with Crippen molar-refractivity contribution < 1.29 is 69.3 Å². The van der Waals surface area contributed by atoms with E-state index in [0.717, 1.165) is 38.5 Å². The van der Waals surface area contributed by atoms with Gasteiger partial charge in [-0.25, -0.2) is 0 Å². The molecule has 14 nitrogen and oxygen atoms in total. The Morgan fingerprint density at radius 3 is 2.07 bits per heavy atom. The number of aliphatic hydroxyl groups is 8. The fraction of sp³-hybridized carbons (Fsp3) is 1.00. The van der Waals surface area contributed by atoms with E-state index in [1.807, 2.05) is 6.92 Å². The average molecular weight is 803 g/mol. The molecular weight excluding hydrogens is 728 g/mol. The fourth-order valence-corrected chi connectivity index (χ4v) is 12.4. The van der Waals surface area contributed by atoms with Gasteiger partial charge < -0.3 is 69.3 Å². The monoisotopic (exact) mass is 803 g/mol. The Morgan fingerprint density at radius 1 is 0.750 bits per heavy atom. The summed E-state index contributed by atoms with van der Waals surface area (Å²) in [5.41, 5.74) is -0.928. The first-order valence-corrected chi connectivity index (χ1v) is 21.5. The van der Waals surface area contributed by atoms with Gasteiger partial charge in [-0.2, -0.15) is 0 Å². The van der Waals surface area contributed by atoms with Crippen LogP contribution >= 0.6 is 0 Å². The second kappa shape index (κ2) is 16.7. The van der Waals surface area contributed by atoms with Crippen LogP contribution in [0, 0.1) is 39.9 Å². The SMILES string of the molecule is CC[C@](C)(OC1CC(O)C(O)C(C)O1)C1CC[C@]2(C)C1C(O)CC1[C@@](C)(CCC(C)OC3OC(C)C(O)C(O)C3OC3OCC(O)C(O)C3O)C(C)CC[C@]12C. The standard InChI is InChI=1S/C42H74O14/c1-10-42(9,56-29-18-26(44)31(46)22(4)53-29)24-13-16-41(8)30(24)25(43)17-28-39(6,20(2)11-15-40(28,41)7)14-12-21(3)52-38-36(34(49)32(47)23(5)54-38)55-37-35(50)33(48)27(45)19-51-37/h20-38,43-50H,10-19H2,1-9H3/t20?,21?,22?,23?,24?,25?,26?,27?,28?,29?,30?,31?,32?,33?,34?,35?,36?,37?,38?,39-,40+,41+,42-/m0/s1. The molecule has 0 amide bonds. The molecule has 0 radical (unpaired) electrons. The molecule has 0 aromatic carbocycles. The van der Waals surface area contributed by atoms with Crippen molar-refractivity contribution >= 4 is 0 Å². The lowest BCUT2D eigenvalue weighted by Gasteiger charge is -2.67. The highest BCUT2D eigenvalue weighted by Gasteiger charge is 2.69. The minimum Gasteiger partial charge on any atom is -0.393 e. The van der Waals surface area contributed by atoms with Crippen molar-refractivity contribution in [1.82, 2.24) is 0 Å². The zero-order valence-electron chi connectivity index (χ0n) is 35.1. The quantitative estimate of drug-likeness (QED) is 0.151. The van der Waals surface area contributed by atoms with Crippen molar-refractivity contribution in [2.24, 2.45) is 39.9 Å². The molecule has 326 valence electrons. The second-order valence-electron chi connectivity index (χ2n) is 19.7. The normalized spacial score (nSPS) is 54.2. The molecule has 6 rings (SSSR count). The van der Waals surface area contributed by atoms with Gasteiger partial charge in [0.15, 0.2) is 18.9 Å². The topological polar surface area (TPSA) is 217 Å². The van der Waals surface area contributed by atoms with Crippen molar-refractivity contribution in [3.05, 3.63) is 0 Å². The summed E-state index contributed by atoms with van der Waals surface area (Å²) in [6, 6.07) is 0. The summed E-state index contributed by atoms with van der Waals surface area (Å²) in [7, 11) is 0. The Labute approximate surface area is 333 Å². The zero-order valence-corrected chi connectivity index (χ0v) is 35.1. The Morgan fingerprint density at radius 2 is 1.41 bits per heavy atom. The molecule has 3 heterocycles. The highest BCUT2D eigenvalue weighted by atomic mass is 16.8. The van der Waals surface area contributed by atoms with Gasteiger partial charge in [-0.1, -0.05) is 34.6 Å². The molecule has 0 bridgehead atoms. The molecule has 14 heteroatoms. The van der Waals surface area contributed by atoms with Crippen LogP contribution in [0.15, 0.2) is 0 Å². The van der Waals surface area contributed by atoms with Crippen LogP contribution in [0.25, 0.3) is 0 Å². The Balaban J connectivity index is 1.16. The lowest BCUT2D eigenvalue weighted by atomic mass is 9.38. The number of hydrogen-bond donors (Lipinski definition) is 8. The first kappa shape index (κ1) is 45.0. The Kier molecular flexibility index (Phi) is 13.4. The minimum absolute atomic E-state index is 0.0188. The van der Waals surface area contributed by atoms with Crippen LogP contribution in [0.4, 0.5) is 0 Å². The Bertz CT molecular complexity index is 1310. The van der Waals surface area contributed by atoms with E-state index >= 15 is 0 Å². The number of ether oxygens (including phenoxy) is 6. The fourth-order valence-electron chi connectivity index (χ4n) is 12.4. The third-order valence-corrected chi connectivity index (χ3v) is 16.7. The van der Waals surface area contributed by atoms with Crippen molar-refractivity contribution in [3.8, 4) is 0 Å². The second-order valence-corrected chi connectivity index (χ2v) is 19.7. The van der Waals surface area contributed by atoms with Crippen LogP contribution in [0.5, 0.6) is 0 Å². The van der Waals surface area contributed by atoms with Gasteiger partial charge in [-0.05, 0) is 119 Å². The summed E-state index contributed by atoms with van der Waals surface area (Å²) < 4.78 is 36.6. The van der Waals surface area contributed by atoms with Crippen molar-refractivity contribution in [1.29, 1.82) is 0 Å². The highest BCUT2D eigenvalue weighted by molar-refractivity contribution is 5.18. The van der Waals surface area contributed by atoms with Crippen LogP contribution in [0.1, 0.15) is 120 Å². The lowest BCUT2D eigenvalue weighted by molar-refractivity contribution is -0.358. The summed E-state index contributed by atoms with van der Waals surface area (Å²) in [4.78, 5) is 0. The van der Waals surface area contributed by atoms with Crippen LogP contribution in [0.3, 0.4) is 0 Å². The molecule has 0 aromatic rings. The van der Waals surface area contributed by atoms with Crippen molar-refractivity contribution in [3.63, 3.8) is 0 Å². The van der Waals surface area contributed by atoms with E-state index in [-0.39, 0.29) is 53.1 Å². The largest absolute Gasteiger partial charge is 0.393 e. The number of fused-ring (bicyclic) bond motifs is 3. The molecule has 19 unspecified atom stereocenters. The van der Waals surface area contributed by atoms with Gasteiger partial charge in [0.2, 0.25) is 0 Å². The third kappa shape index (κ3) is 7.78. The smallest absolute Gasteiger partial charge is 0.187 e. The Hall–Kier alpha value is -0.560. The van der Waals surface area contributed by atoms with Crippen LogP contribution in [-0.2, 0) is 28.4 Å².